The summed E-state index contributed by atoms with van der Waals surface area (Å²) in [5.41, 5.74) is 8.09. The van der Waals surface area contributed by atoms with E-state index < -0.39 is 6.36 Å². The van der Waals surface area contributed by atoms with Crippen molar-refractivity contribution in [3.05, 3.63) is 59.7 Å². The van der Waals surface area contributed by atoms with E-state index in [1.807, 2.05) is 31.3 Å². The largest absolute Gasteiger partial charge is 0.573 e. The average molecular weight is 522 g/mol. The van der Waals surface area contributed by atoms with Crippen LogP contribution in [0.5, 0.6) is 5.75 Å². The third kappa shape index (κ3) is 8.48. The van der Waals surface area contributed by atoms with Gasteiger partial charge in [-0.15, -0.1) is 37.1 Å². The van der Waals surface area contributed by atoms with Crippen LogP contribution in [-0.4, -0.2) is 30.3 Å². The van der Waals surface area contributed by atoms with E-state index in [0.717, 1.165) is 17.7 Å². The van der Waals surface area contributed by atoms with E-state index in [0.29, 0.717) is 12.6 Å². The van der Waals surface area contributed by atoms with Crippen LogP contribution in [-0.2, 0) is 13.1 Å². The second-order valence-corrected chi connectivity index (χ2v) is 6.65. The molecule has 2 rings (SSSR count). The summed E-state index contributed by atoms with van der Waals surface area (Å²) in [6, 6.07) is 13.9. The molecule has 0 saturated heterocycles. The van der Waals surface area contributed by atoms with Crippen LogP contribution in [0.25, 0.3) is 0 Å². The summed E-state index contributed by atoms with van der Waals surface area (Å²) in [5.74, 6) is -0.364. The fourth-order valence-electron chi connectivity index (χ4n) is 2.45. The Morgan fingerprint density at radius 3 is 2.31 bits per heavy atom. The van der Waals surface area contributed by atoms with Crippen molar-refractivity contribution in [3.8, 4) is 5.75 Å². The van der Waals surface area contributed by atoms with Crippen molar-refractivity contribution in [1.82, 2.24) is 4.90 Å². The number of alkyl halides is 3. The van der Waals surface area contributed by atoms with Gasteiger partial charge in [-0.25, -0.2) is 4.99 Å². The number of nitrogens with two attached hydrogens (primary N) is 1. The van der Waals surface area contributed by atoms with Gasteiger partial charge < -0.3 is 15.8 Å². The topological polar surface area (TPSA) is 62.9 Å². The number of rotatable bonds is 7. The van der Waals surface area contributed by atoms with Gasteiger partial charge in [0.1, 0.15) is 0 Å². The highest BCUT2D eigenvalue weighted by Gasteiger charge is 2.32. The summed E-state index contributed by atoms with van der Waals surface area (Å²) in [6.07, 6.45) is -4.79. The number of hydrogen-bond donors (Lipinski definition) is 2. The molecule has 2 aromatic carbocycles. The Morgan fingerprint density at radius 2 is 1.69 bits per heavy atom. The molecule has 0 radical (unpaired) electrons. The molecule has 0 bridgehead atoms. The molecule has 0 saturated carbocycles. The van der Waals surface area contributed by atoms with Crippen molar-refractivity contribution < 1.29 is 17.9 Å². The lowest BCUT2D eigenvalue weighted by molar-refractivity contribution is -0.274. The molecule has 3 N–H and O–H groups in total. The van der Waals surface area contributed by atoms with Gasteiger partial charge in [0.25, 0.3) is 0 Å². The Kier molecular flexibility index (Phi) is 9.71. The lowest BCUT2D eigenvalue weighted by Crippen LogP contribution is -2.26. The number of halogens is 4. The van der Waals surface area contributed by atoms with Gasteiger partial charge in [0, 0.05) is 12.6 Å². The fourth-order valence-corrected chi connectivity index (χ4v) is 2.45. The Balaban J connectivity index is 0.00000420. The number of hydrogen-bond acceptors (Lipinski definition) is 3. The zero-order chi connectivity index (χ0) is 20.7. The highest BCUT2D eigenvalue weighted by Crippen LogP contribution is 2.29. The molecule has 9 heteroatoms. The molecular weight excluding hydrogens is 496 g/mol. The van der Waals surface area contributed by atoms with Crippen molar-refractivity contribution in [2.75, 3.05) is 12.4 Å². The number of nitrogens with zero attached hydrogens (tertiary/aromatic N) is 2. The van der Waals surface area contributed by atoms with Crippen LogP contribution in [0.4, 0.5) is 18.9 Å². The van der Waals surface area contributed by atoms with E-state index in [-0.39, 0.29) is 41.4 Å². The SMILES string of the molecule is CC(C)N(C)Cc1ccccc1CN=C(N)Nc1ccccc1OC(F)(F)F.I. The molecule has 0 aliphatic carbocycles. The third-order valence-corrected chi connectivity index (χ3v) is 4.21. The van der Waals surface area contributed by atoms with Crippen LogP contribution in [0, 0.1) is 0 Å². The molecule has 0 spiro atoms. The van der Waals surface area contributed by atoms with Crippen molar-refractivity contribution >= 4 is 35.6 Å². The molecule has 5 nitrogen and oxygen atoms in total. The van der Waals surface area contributed by atoms with Gasteiger partial charge in [0.15, 0.2) is 11.7 Å². The predicted molar refractivity (Wildman–Crippen MR) is 121 cm³/mol. The van der Waals surface area contributed by atoms with Crippen LogP contribution in [0.2, 0.25) is 0 Å². The normalized spacial score (nSPS) is 12.1. The summed E-state index contributed by atoms with van der Waals surface area (Å²) >= 11 is 0. The second-order valence-electron chi connectivity index (χ2n) is 6.65. The maximum atomic E-state index is 12.5. The molecule has 160 valence electrons. The summed E-state index contributed by atoms with van der Waals surface area (Å²) in [6.45, 7) is 5.30. The number of nitrogens with one attached hydrogen (secondary N) is 1. The van der Waals surface area contributed by atoms with E-state index in [1.54, 1.807) is 6.07 Å². The van der Waals surface area contributed by atoms with E-state index in [1.165, 1.54) is 18.2 Å². The predicted octanol–water partition coefficient (Wildman–Crippen LogP) is 4.97. The Hall–Kier alpha value is -2.01. The van der Waals surface area contributed by atoms with Crippen LogP contribution >= 0.6 is 24.0 Å². The van der Waals surface area contributed by atoms with Crippen LogP contribution < -0.4 is 15.8 Å². The van der Waals surface area contributed by atoms with E-state index in [2.05, 4.69) is 33.8 Å². The second kappa shape index (κ2) is 11.2. The molecule has 0 aliphatic heterocycles. The maximum Gasteiger partial charge on any atom is 0.573 e. The number of benzene rings is 2. The van der Waals surface area contributed by atoms with Gasteiger partial charge >= 0.3 is 6.36 Å². The average Bonchev–Trinajstić information content (AvgIpc) is 2.61. The molecule has 0 heterocycles. The van der Waals surface area contributed by atoms with E-state index in [9.17, 15) is 13.2 Å². The number of anilines is 1. The Labute approximate surface area is 186 Å². The zero-order valence-electron chi connectivity index (χ0n) is 16.5. The molecule has 29 heavy (non-hydrogen) atoms. The lowest BCUT2D eigenvalue weighted by Gasteiger charge is -2.22. The maximum absolute atomic E-state index is 12.5. The van der Waals surface area contributed by atoms with Crippen molar-refractivity contribution in [1.29, 1.82) is 0 Å². The first-order valence-electron chi connectivity index (χ1n) is 8.84. The van der Waals surface area contributed by atoms with Crippen LogP contribution in [0.15, 0.2) is 53.5 Å². The van der Waals surface area contributed by atoms with E-state index >= 15 is 0 Å². The molecule has 0 fully saturated rings. The highest BCUT2D eigenvalue weighted by atomic mass is 127. The van der Waals surface area contributed by atoms with Crippen LogP contribution in [0.1, 0.15) is 25.0 Å². The molecule has 0 aromatic heterocycles. The van der Waals surface area contributed by atoms with E-state index in [4.69, 9.17) is 5.73 Å². The first kappa shape index (κ1) is 25.0. The zero-order valence-corrected chi connectivity index (χ0v) is 18.9. The number of aliphatic imine (C=N–C) groups is 1. The number of para-hydroxylation sites is 2. The number of guanidine groups is 1. The molecule has 0 amide bonds. The van der Waals surface area contributed by atoms with Gasteiger partial charge in [-0.1, -0.05) is 36.4 Å². The minimum absolute atomic E-state index is 0. The quantitative estimate of drug-likeness (QED) is 0.306. The lowest BCUT2D eigenvalue weighted by atomic mass is 10.1. The first-order valence-corrected chi connectivity index (χ1v) is 8.84. The van der Waals surface area contributed by atoms with Crippen molar-refractivity contribution in [2.45, 2.75) is 39.3 Å². The minimum atomic E-state index is -4.79. The summed E-state index contributed by atoms with van der Waals surface area (Å²) in [4.78, 5) is 6.47. The summed E-state index contributed by atoms with van der Waals surface area (Å²) in [7, 11) is 2.04. The first-order chi connectivity index (χ1) is 13.2. The third-order valence-electron chi connectivity index (χ3n) is 4.21. The molecular formula is C20H26F3IN4O. The molecule has 2 aromatic rings. The standard InChI is InChI=1S/C20H25F3N4O.HI/c1-14(2)27(3)13-16-9-5-4-8-15(16)12-25-19(24)26-17-10-6-7-11-18(17)28-20(21,22)23;/h4-11,14H,12-13H2,1-3H3,(H3,24,25,26);1H. The van der Waals surface area contributed by atoms with Crippen molar-refractivity contribution in [3.63, 3.8) is 0 Å². The molecule has 0 aliphatic rings. The van der Waals surface area contributed by atoms with Gasteiger partial charge in [0.2, 0.25) is 0 Å². The van der Waals surface area contributed by atoms with Gasteiger partial charge in [0.05, 0.1) is 12.2 Å². The van der Waals surface area contributed by atoms with Crippen molar-refractivity contribution in [2.24, 2.45) is 10.7 Å². The summed E-state index contributed by atoms with van der Waals surface area (Å²) in [5, 5.41) is 2.67. The molecule has 0 atom stereocenters. The van der Waals surface area contributed by atoms with Gasteiger partial charge in [-0.3, -0.25) is 4.90 Å². The Morgan fingerprint density at radius 1 is 1.10 bits per heavy atom. The smallest absolute Gasteiger partial charge is 0.404 e. The minimum Gasteiger partial charge on any atom is -0.404 e. The molecule has 0 unspecified atom stereocenters. The van der Waals surface area contributed by atoms with Gasteiger partial charge in [-0.2, -0.15) is 0 Å². The van der Waals surface area contributed by atoms with Gasteiger partial charge in [-0.05, 0) is 44.2 Å². The van der Waals surface area contributed by atoms with Crippen LogP contribution in [0.3, 0.4) is 0 Å². The fraction of sp³-hybridized carbons (Fsp3) is 0.350. The highest BCUT2D eigenvalue weighted by molar-refractivity contribution is 14.0. The summed E-state index contributed by atoms with van der Waals surface area (Å²) < 4.78 is 41.6. The monoisotopic (exact) mass is 522 g/mol. The Bertz CT molecular complexity index is 812. The number of ether oxygens (including phenoxy) is 1.